The van der Waals surface area contributed by atoms with E-state index in [2.05, 4.69) is 18.0 Å². The summed E-state index contributed by atoms with van der Waals surface area (Å²) in [6.07, 6.45) is 3.38. The third-order valence-corrected chi connectivity index (χ3v) is 7.23. The molecule has 1 aromatic carbocycles. The third kappa shape index (κ3) is 3.10. The zero-order valence-corrected chi connectivity index (χ0v) is 17.5. The van der Waals surface area contributed by atoms with Gasteiger partial charge >= 0.3 is 0 Å². The van der Waals surface area contributed by atoms with Crippen LogP contribution >= 0.6 is 22.7 Å². The quantitative estimate of drug-likeness (QED) is 0.487. The highest BCUT2D eigenvalue weighted by Gasteiger charge is 2.28. The molecule has 0 N–H and O–H groups in total. The normalized spacial score (nSPS) is 16.2. The SMILES string of the molecule is C[C@@H]1CCc2ccccc2N1C(=O)Cn1cnc2scc(-c3cccs3)c2c1=O. The monoisotopic (exact) mass is 421 g/mol. The molecule has 1 amide bonds. The first-order valence-corrected chi connectivity index (χ1v) is 11.3. The number of fused-ring (bicyclic) bond motifs is 2. The van der Waals surface area contributed by atoms with E-state index >= 15 is 0 Å². The molecule has 4 aromatic rings. The number of aromatic nitrogens is 2. The van der Waals surface area contributed by atoms with Gasteiger partial charge in [-0.15, -0.1) is 22.7 Å². The summed E-state index contributed by atoms with van der Waals surface area (Å²) in [7, 11) is 0. The van der Waals surface area contributed by atoms with Gasteiger partial charge in [0, 0.05) is 27.5 Å². The molecule has 146 valence electrons. The van der Waals surface area contributed by atoms with Gasteiger partial charge in [0.2, 0.25) is 5.91 Å². The Morgan fingerprint density at radius 3 is 2.90 bits per heavy atom. The second-order valence-electron chi connectivity index (χ2n) is 7.26. The fourth-order valence-corrected chi connectivity index (χ4v) is 5.70. The first-order valence-electron chi connectivity index (χ1n) is 9.54. The number of anilines is 1. The van der Waals surface area contributed by atoms with Gasteiger partial charge < -0.3 is 4.90 Å². The van der Waals surface area contributed by atoms with Gasteiger partial charge in [0.25, 0.3) is 5.56 Å². The highest BCUT2D eigenvalue weighted by molar-refractivity contribution is 7.18. The molecular formula is C22H19N3O2S2. The van der Waals surface area contributed by atoms with E-state index in [0.717, 1.165) is 29.0 Å². The minimum Gasteiger partial charge on any atom is -0.308 e. The van der Waals surface area contributed by atoms with E-state index in [9.17, 15) is 9.59 Å². The van der Waals surface area contributed by atoms with Gasteiger partial charge in [0.05, 0.1) is 11.7 Å². The number of nitrogens with zero attached hydrogens (tertiary/aromatic N) is 3. The van der Waals surface area contributed by atoms with Crippen LogP contribution in [0.15, 0.2) is 58.3 Å². The molecule has 0 bridgehead atoms. The fourth-order valence-electron chi connectivity index (χ4n) is 3.98. The van der Waals surface area contributed by atoms with Crippen molar-refractivity contribution in [1.82, 2.24) is 9.55 Å². The van der Waals surface area contributed by atoms with Crippen molar-refractivity contribution in [2.45, 2.75) is 32.4 Å². The van der Waals surface area contributed by atoms with Crippen molar-refractivity contribution in [1.29, 1.82) is 0 Å². The number of hydrogen-bond donors (Lipinski definition) is 0. The predicted octanol–water partition coefficient (Wildman–Crippen LogP) is 4.55. The Balaban J connectivity index is 1.53. The van der Waals surface area contributed by atoms with Crippen molar-refractivity contribution >= 4 is 44.5 Å². The molecule has 7 heteroatoms. The van der Waals surface area contributed by atoms with Crippen molar-refractivity contribution in [3.8, 4) is 10.4 Å². The molecule has 4 heterocycles. The largest absolute Gasteiger partial charge is 0.308 e. The van der Waals surface area contributed by atoms with Gasteiger partial charge in [0.15, 0.2) is 0 Å². The molecule has 5 nitrogen and oxygen atoms in total. The predicted molar refractivity (Wildman–Crippen MR) is 119 cm³/mol. The number of rotatable bonds is 3. The lowest BCUT2D eigenvalue weighted by molar-refractivity contribution is -0.119. The molecule has 1 aliphatic rings. The average molecular weight is 422 g/mol. The lowest BCUT2D eigenvalue weighted by atomic mass is 9.96. The molecule has 0 spiro atoms. The topological polar surface area (TPSA) is 55.2 Å². The first kappa shape index (κ1) is 18.3. The molecule has 0 aliphatic carbocycles. The molecule has 1 aliphatic heterocycles. The van der Waals surface area contributed by atoms with Crippen LogP contribution in [0.1, 0.15) is 18.9 Å². The molecule has 3 aromatic heterocycles. The summed E-state index contributed by atoms with van der Waals surface area (Å²) in [6, 6.07) is 12.1. The van der Waals surface area contributed by atoms with Gasteiger partial charge in [-0.25, -0.2) is 4.98 Å². The van der Waals surface area contributed by atoms with Gasteiger partial charge in [0.1, 0.15) is 11.4 Å². The van der Waals surface area contributed by atoms with Crippen molar-refractivity contribution < 1.29 is 4.79 Å². The number of amides is 1. The fraction of sp³-hybridized carbons (Fsp3) is 0.227. The van der Waals surface area contributed by atoms with Crippen LogP contribution < -0.4 is 10.5 Å². The first-order chi connectivity index (χ1) is 14.1. The highest BCUT2D eigenvalue weighted by atomic mass is 32.1. The van der Waals surface area contributed by atoms with Crippen LogP contribution in [0.25, 0.3) is 20.7 Å². The molecular weight excluding hydrogens is 402 g/mol. The van der Waals surface area contributed by atoms with Crippen LogP contribution in [0.5, 0.6) is 0 Å². The summed E-state index contributed by atoms with van der Waals surface area (Å²) in [6.45, 7) is 2.05. The van der Waals surface area contributed by atoms with Gasteiger partial charge in [-0.3, -0.25) is 14.2 Å². The van der Waals surface area contributed by atoms with E-state index in [0.29, 0.717) is 10.2 Å². The summed E-state index contributed by atoms with van der Waals surface area (Å²) in [4.78, 5) is 34.5. The van der Waals surface area contributed by atoms with Gasteiger partial charge in [-0.1, -0.05) is 24.3 Å². The zero-order chi connectivity index (χ0) is 20.0. The van der Waals surface area contributed by atoms with Crippen molar-refractivity contribution in [3.05, 3.63) is 69.4 Å². The van der Waals surface area contributed by atoms with E-state index in [1.54, 1.807) is 11.3 Å². The molecule has 0 unspecified atom stereocenters. The van der Waals surface area contributed by atoms with E-state index < -0.39 is 0 Å². The Kier molecular flexibility index (Phi) is 4.56. The number of thiophene rings is 2. The Labute approximate surface area is 175 Å². The summed E-state index contributed by atoms with van der Waals surface area (Å²) < 4.78 is 1.44. The van der Waals surface area contributed by atoms with Crippen LogP contribution in [-0.4, -0.2) is 21.5 Å². The number of benzene rings is 1. The maximum atomic E-state index is 13.2. The highest BCUT2D eigenvalue weighted by Crippen LogP contribution is 2.34. The van der Waals surface area contributed by atoms with Crippen LogP contribution in [0.3, 0.4) is 0 Å². The Bertz CT molecular complexity index is 1260. The Morgan fingerprint density at radius 2 is 2.07 bits per heavy atom. The number of aryl methyl sites for hydroxylation is 1. The van der Waals surface area contributed by atoms with E-state index in [4.69, 9.17) is 0 Å². The standard InChI is InChI=1S/C22H19N3O2S2/c1-14-8-9-15-5-2-3-6-17(15)25(14)19(26)11-24-13-23-21-20(22(24)27)16(12-29-21)18-7-4-10-28-18/h2-7,10,12-14H,8-9,11H2,1H3/t14-/m1/s1. The van der Waals surface area contributed by atoms with Gasteiger partial charge in [-0.05, 0) is 42.8 Å². The Morgan fingerprint density at radius 1 is 1.21 bits per heavy atom. The maximum absolute atomic E-state index is 13.2. The lowest BCUT2D eigenvalue weighted by Crippen LogP contribution is -2.44. The van der Waals surface area contributed by atoms with Gasteiger partial charge in [-0.2, -0.15) is 0 Å². The number of para-hydroxylation sites is 1. The summed E-state index contributed by atoms with van der Waals surface area (Å²) in [5.74, 6) is -0.0826. The van der Waals surface area contributed by atoms with Crippen molar-refractivity contribution in [3.63, 3.8) is 0 Å². The number of carbonyl (C=O) groups excluding carboxylic acids is 1. The third-order valence-electron chi connectivity index (χ3n) is 5.45. The zero-order valence-electron chi connectivity index (χ0n) is 15.9. The summed E-state index contributed by atoms with van der Waals surface area (Å²) in [5, 5.41) is 4.56. The molecule has 0 saturated carbocycles. The van der Waals surface area contributed by atoms with Crippen LogP contribution in [0.4, 0.5) is 5.69 Å². The molecule has 5 rings (SSSR count). The summed E-state index contributed by atoms with van der Waals surface area (Å²) >= 11 is 3.05. The average Bonchev–Trinajstić information content (AvgIpc) is 3.39. The van der Waals surface area contributed by atoms with Crippen LogP contribution in [0.2, 0.25) is 0 Å². The summed E-state index contributed by atoms with van der Waals surface area (Å²) in [5.41, 5.74) is 2.87. The lowest BCUT2D eigenvalue weighted by Gasteiger charge is -2.35. The number of carbonyl (C=O) groups is 1. The second kappa shape index (κ2) is 7.24. The van der Waals surface area contributed by atoms with E-state index in [1.165, 1.54) is 27.8 Å². The molecule has 1 atom stereocenters. The van der Waals surface area contributed by atoms with E-state index in [1.807, 2.05) is 46.0 Å². The minimum absolute atomic E-state index is 0.0137. The van der Waals surface area contributed by atoms with Crippen molar-refractivity contribution in [2.24, 2.45) is 0 Å². The van der Waals surface area contributed by atoms with Crippen LogP contribution in [-0.2, 0) is 17.8 Å². The Hall–Kier alpha value is -2.77. The smallest absolute Gasteiger partial charge is 0.263 e. The molecule has 0 saturated heterocycles. The molecule has 0 radical (unpaired) electrons. The second-order valence-corrected chi connectivity index (χ2v) is 9.07. The van der Waals surface area contributed by atoms with E-state index in [-0.39, 0.29) is 24.1 Å². The maximum Gasteiger partial charge on any atom is 0.263 e. The molecule has 0 fully saturated rings. The minimum atomic E-state index is -0.161. The van der Waals surface area contributed by atoms with Crippen LogP contribution in [0, 0.1) is 0 Å². The molecule has 29 heavy (non-hydrogen) atoms. The van der Waals surface area contributed by atoms with Crippen molar-refractivity contribution in [2.75, 3.05) is 4.90 Å². The number of hydrogen-bond acceptors (Lipinski definition) is 5.